The molecular formula is C13H17N3O4S. The molecule has 1 aliphatic rings. The summed E-state index contributed by atoms with van der Waals surface area (Å²) in [5.74, 6) is -2.34. The Bertz CT molecular complexity index is 594. The Labute approximate surface area is 125 Å². The van der Waals surface area contributed by atoms with Gasteiger partial charge in [-0.15, -0.1) is 11.3 Å². The van der Waals surface area contributed by atoms with Crippen LogP contribution in [0.3, 0.4) is 0 Å². The maximum Gasteiger partial charge on any atom is 0.314 e. The number of nitrogens with two attached hydrogens (primary N) is 1. The van der Waals surface area contributed by atoms with Gasteiger partial charge in [0.15, 0.2) is 0 Å². The average molecular weight is 311 g/mol. The van der Waals surface area contributed by atoms with Gasteiger partial charge < -0.3 is 21.5 Å². The van der Waals surface area contributed by atoms with Gasteiger partial charge in [0.2, 0.25) is 0 Å². The van der Waals surface area contributed by atoms with E-state index < -0.39 is 23.8 Å². The van der Waals surface area contributed by atoms with Crippen LogP contribution in [-0.2, 0) is 22.4 Å². The second-order valence-corrected chi connectivity index (χ2v) is 6.04. The third-order valence-electron chi connectivity index (χ3n) is 3.16. The quantitative estimate of drug-likeness (QED) is 0.574. The van der Waals surface area contributed by atoms with Crippen LogP contribution in [0.15, 0.2) is 0 Å². The van der Waals surface area contributed by atoms with Gasteiger partial charge in [0.25, 0.3) is 5.91 Å². The number of aliphatic hydroxyl groups is 1. The highest BCUT2D eigenvalue weighted by molar-refractivity contribution is 7.17. The first-order chi connectivity index (χ1) is 9.90. The van der Waals surface area contributed by atoms with Crippen molar-refractivity contribution in [1.29, 1.82) is 0 Å². The number of carbonyl (C=O) groups is 3. The first kappa shape index (κ1) is 15.5. The molecule has 5 N–H and O–H groups in total. The number of anilines is 1. The van der Waals surface area contributed by atoms with E-state index in [1.54, 1.807) is 0 Å². The maximum atomic E-state index is 11.8. The number of carbonyl (C=O) groups excluding carboxylic acids is 3. The van der Waals surface area contributed by atoms with Gasteiger partial charge >= 0.3 is 11.8 Å². The Morgan fingerprint density at radius 1 is 1.33 bits per heavy atom. The molecule has 21 heavy (non-hydrogen) atoms. The van der Waals surface area contributed by atoms with Crippen molar-refractivity contribution >= 4 is 34.1 Å². The van der Waals surface area contributed by atoms with Crippen molar-refractivity contribution in [2.45, 2.75) is 32.3 Å². The summed E-state index contributed by atoms with van der Waals surface area (Å²) in [5, 5.41) is 14.1. The normalized spacial score (nSPS) is 14.4. The lowest BCUT2D eigenvalue weighted by molar-refractivity contribution is -0.136. The lowest BCUT2D eigenvalue weighted by Gasteiger charge is -2.08. The fourth-order valence-electron chi connectivity index (χ4n) is 2.23. The molecule has 0 saturated heterocycles. The molecule has 1 atom stereocenters. The molecule has 0 spiro atoms. The average Bonchev–Trinajstić information content (AvgIpc) is 2.95. The predicted molar refractivity (Wildman–Crippen MR) is 78.2 cm³/mol. The van der Waals surface area contributed by atoms with Crippen LogP contribution in [0.4, 0.5) is 5.00 Å². The number of rotatable bonds is 4. The van der Waals surface area contributed by atoms with Gasteiger partial charge in [-0.1, -0.05) is 0 Å². The number of hydrogen-bond donors (Lipinski definition) is 4. The number of fused-ring (bicyclic) bond motifs is 1. The van der Waals surface area contributed by atoms with Crippen LogP contribution in [0.2, 0.25) is 0 Å². The lowest BCUT2D eigenvalue weighted by atomic mass is 10.1. The van der Waals surface area contributed by atoms with Crippen LogP contribution < -0.4 is 16.4 Å². The van der Waals surface area contributed by atoms with Crippen molar-refractivity contribution in [1.82, 2.24) is 5.32 Å². The van der Waals surface area contributed by atoms with Crippen LogP contribution in [0.1, 0.15) is 34.1 Å². The van der Waals surface area contributed by atoms with E-state index in [2.05, 4.69) is 10.6 Å². The molecule has 1 aromatic rings. The van der Waals surface area contributed by atoms with Gasteiger partial charge in [0, 0.05) is 11.4 Å². The van der Waals surface area contributed by atoms with Crippen molar-refractivity contribution in [3.8, 4) is 0 Å². The van der Waals surface area contributed by atoms with Crippen LogP contribution in [-0.4, -0.2) is 35.5 Å². The van der Waals surface area contributed by atoms with Crippen LogP contribution in [0.25, 0.3) is 0 Å². The molecule has 0 unspecified atom stereocenters. The first-order valence-corrected chi connectivity index (χ1v) is 7.43. The zero-order valence-electron chi connectivity index (χ0n) is 11.6. The van der Waals surface area contributed by atoms with E-state index in [0.717, 1.165) is 29.7 Å². The fourth-order valence-corrected chi connectivity index (χ4v) is 3.52. The standard InChI is InChI=1S/C13H17N3O4S/c1-6(17)5-15-11(19)12(20)16-13-9(10(14)18)7-3-2-4-8(7)21-13/h6,17H,2-5H2,1H3,(H2,14,18)(H,15,19)(H,16,20)/t6-/m0/s1. The topological polar surface area (TPSA) is 122 Å². The zero-order chi connectivity index (χ0) is 15.6. The van der Waals surface area contributed by atoms with Gasteiger partial charge in [0.05, 0.1) is 11.7 Å². The second kappa shape index (κ2) is 6.23. The molecular weight excluding hydrogens is 294 g/mol. The van der Waals surface area contributed by atoms with Crippen molar-refractivity contribution in [2.24, 2.45) is 5.73 Å². The molecule has 0 bridgehead atoms. The fraction of sp³-hybridized carbons (Fsp3) is 0.462. The van der Waals surface area contributed by atoms with E-state index in [0.29, 0.717) is 10.6 Å². The van der Waals surface area contributed by atoms with Gasteiger partial charge in [-0.2, -0.15) is 0 Å². The molecule has 0 fully saturated rings. The van der Waals surface area contributed by atoms with Crippen molar-refractivity contribution in [3.63, 3.8) is 0 Å². The summed E-state index contributed by atoms with van der Waals surface area (Å²) >= 11 is 1.28. The monoisotopic (exact) mass is 311 g/mol. The van der Waals surface area contributed by atoms with Crippen LogP contribution in [0, 0.1) is 0 Å². The molecule has 114 valence electrons. The largest absolute Gasteiger partial charge is 0.392 e. The minimum atomic E-state index is -0.877. The molecule has 2 rings (SSSR count). The number of aryl methyl sites for hydroxylation is 1. The third kappa shape index (κ3) is 3.40. The summed E-state index contributed by atoms with van der Waals surface area (Å²) < 4.78 is 0. The Balaban J connectivity index is 2.11. The van der Waals surface area contributed by atoms with E-state index in [4.69, 9.17) is 10.8 Å². The maximum absolute atomic E-state index is 11.8. The summed E-state index contributed by atoms with van der Waals surface area (Å²) in [6, 6.07) is 0. The molecule has 1 aliphatic carbocycles. The molecule has 7 nitrogen and oxygen atoms in total. The highest BCUT2D eigenvalue weighted by atomic mass is 32.1. The van der Waals surface area contributed by atoms with Gasteiger partial charge in [0.1, 0.15) is 5.00 Å². The van der Waals surface area contributed by atoms with E-state index in [9.17, 15) is 14.4 Å². The molecule has 1 aromatic heterocycles. The number of amides is 3. The van der Waals surface area contributed by atoms with Crippen molar-refractivity contribution in [3.05, 3.63) is 16.0 Å². The summed E-state index contributed by atoms with van der Waals surface area (Å²) in [6.07, 6.45) is 1.83. The Morgan fingerprint density at radius 2 is 2.05 bits per heavy atom. The highest BCUT2D eigenvalue weighted by Crippen LogP contribution is 2.38. The summed E-state index contributed by atoms with van der Waals surface area (Å²) in [6.45, 7) is 1.48. The summed E-state index contributed by atoms with van der Waals surface area (Å²) in [4.78, 5) is 35.9. The molecule has 0 aliphatic heterocycles. The molecule has 3 amide bonds. The van der Waals surface area contributed by atoms with E-state index in [1.165, 1.54) is 18.3 Å². The van der Waals surface area contributed by atoms with Gasteiger partial charge in [-0.3, -0.25) is 14.4 Å². The Hall–Kier alpha value is -1.93. The SMILES string of the molecule is C[C@H](O)CNC(=O)C(=O)Nc1sc2c(c1C(N)=O)CCC2. The van der Waals surface area contributed by atoms with E-state index in [-0.39, 0.29) is 6.54 Å². The Kier molecular flexibility index (Phi) is 4.59. The minimum absolute atomic E-state index is 0.0180. The second-order valence-electron chi connectivity index (χ2n) is 4.94. The van der Waals surface area contributed by atoms with E-state index >= 15 is 0 Å². The third-order valence-corrected chi connectivity index (χ3v) is 4.37. The van der Waals surface area contributed by atoms with Crippen LogP contribution >= 0.6 is 11.3 Å². The number of primary amides is 1. The van der Waals surface area contributed by atoms with Gasteiger partial charge in [-0.25, -0.2) is 0 Å². The van der Waals surface area contributed by atoms with Crippen molar-refractivity contribution in [2.75, 3.05) is 11.9 Å². The minimum Gasteiger partial charge on any atom is -0.392 e. The molecule has 0 radical (unpaired) electrons. The number of hydrogen-bond acceptors (Lipinski definition) is 5. The molecule has 0 aromatic carbocycles. The number of thiophene rings is 1. The summed E-state index contributed by atoms with van der Waals surface area (Å²) in [5.41, 5.74) is 6.56. The van der Waals surface area contributed by atoms with E-state index in [1.807, 2.05) is 0 Å². The smallest absolute Gasteiger partial charge is 0.314 e. The zero-order valence-corrected chi connectivity index (χ0v) is 12.4. The lowest BCUT2D eigenvalue weighted by Crippen LogP contribution is -2.39. The Morgan fingerprint density at radius 3 is 2.67 bits per heavy atom. The number of nitrogens with one attached hydrogen (secondary N) is 2. The predicted octanol–water partition coefficient (Wildman–Crippen LogP) is -0.229. The van der Waals surface area contributed by atoms with Crippen molar-refractivity contribution < 1.29 is 19.5 Å². The van der Waals surface area contributed by atoms with Gasteiger partial charge in [-0.05, 0) is 31.7 Å². The summed E-state index contributed by atoms with van der Waals surface area (Å²) in [7, 11) is 0. The van der Waals surface area contributed by atoms with Crippen LogP contribution in [0.5, 0.6) is 0 Å². The highest BCUT2D eigenvalue weighted by Gasteiger charge is 2.27. The first-order valence-electron chi connectivity index (χ1n) is 6.61. The molecule has 8 heteroatoms. The molecule has 0 saturated carbocycles. The molecule has 1 heterocycles. The number of aliphatic hydroxyl groups excluding tert-OH is 1.